The van der Waals surface area contributed by atoms with Crippen LogP contribution in [0.25, 0.3) is 28.3 Å². The lowest BCUT2D eigenvalue weighted by Crippen LogP contribution is -2.32. The van der Waals surface area contributed by atoms with Crippen molar-refractivity contribution in [2.75, 3.05) is 0 Å². The van der Waals surface area contributed by atoms with Crippen LogP contribution in [0.4, 0.5) is 0 Å². The molecule has 6 rings (SSSR count). The molecule has 0 spiro atoms. The van der Waals surface area contributed by atoms with Crippen LogP contribution in [0, 0.1) is 16.7 Å². The fraction of sp³-hybridized carbons (Fsp3) is 0.333. The normalized spacial score (nSPS) is 29.1. The van der Waals surface area contributed by atoms with Crippen molar-refractivity contribution in [3.63, 3.8) is 0 Å². The summed E-state index contributed by atoms with van der Waals surface area (Å²) in [7, 11) is 0. The Balaban J connectivity index is 1.27. The number of thioether (sulfide) groups is 1. The SMILES string of the molecule is CC12CCC(CC1=N/N=C1\NC(=O)C(=Cc3ccc4noc(-c5ccccc5)c4c3)S1)C2(C)C. The first-order valence-corrected chi connectivity index (χ1v) is 12.5. The molecule has 3 fully saturated rings. The topological polar surface area (TPSA) is 79.9 Å². The highest BCUT2D eigenvalue weighted by atomic mass is 32.2. The van der Waals surface area contributed by atoms with E-state index in [2.05, 4.69) is 41.4 Å². The fourth-order valence-electron chi connectivity index (χ4n) is 5.66. The zero-order valence-corrected chi connectivity index (χ0v) is 20.3. The molecule has 2 saturated carbocycles. The highest BCUT2D eigenvalue weighted by Crippen LogP contribution is 2.64. The first kappa shape index (κ1) is 21.4. The van der Waals surface area contributed by atoms with Crippen molar-refractivity contribution in [1.82, 2.24) is 10.5 Å². The molecule has 1 aromatic heterocycles. The molecule has 1 aliphatic heterocycles. The van der Waals surface area contributed by atoms with Gasteiger partial charge in [0.15, 0.2) is 10.9 Å². The van der Waals surface area contributed by atoms with Gasteiger partial charge in [-0.05, 0) is 66.1 Å². The summed E-state index contributed by atoms with van der Waals surface area (Å²) in [6, 6.07) is 15.7. The average Bonchev–Trinajstić information content (AvgIpc) is 3.51. The summed E-state index contributed by atoms with van der Waals surface area (Å²) in [5.41, 5.74) is 4.17. The second-order valence-corrected chi connectivity index (χ2v) is 11.2. The molecule has 2 atom stereocenters. The lowest BCUT2D eigenvalue weighted by Gasteiger charge is -2.34. The molecule has 2 bridgehead atoms. The molecule has 3 aromatic rings. The Morgan fingerprint density at radius 1 is 1.15 bits per heavy atom. The first-order valence-electron chi connectivity index (χ1n) is 11.7. The summed E-state index contributed by atoms with van der Waals surface area (Å²) < 4.78 is 5.60. The Kier molecular flexibility index (Phi) is 4.81. The van der Waals surface area contributed by atoms with Gasteiger partial charge in [-0.3, -0.25) is 10.1 Å². The molecule has 3 aliphatic rings. The maximum Gasteiger partial charge on any atom is 0.264 e. The van der Waals surface area contributed by atoms with Crippen LogP contribution in [0.3, 0.4) is 0 Å². The molecule has 2 heterocycles. The van der Waals surface area contributed by atoms with Crippen molar-refractivity contribution >= 4 is 45.5 Å². The number of rotatable bonds is 3. The number of aromatic nitrogens is 1. The van der Waals surface area contributed by atoms with E-state index in [1.54, 1.807) is 0 Å². The smallest absolute Gasteiger partial charge is 0.264 e. The van der Waals surface area contributed by atoms with Crippen molar-refractivity contribution in [2.24, 2.45) is 27.0 Å². The Morgan fingerprint density at radius 2 is 1.97 bits per heavy atom. The van der Waals surface area contributed by atoms with Gasteiger partial charge >= 0.3 is 0 Å². The monoisotopic (exact) mass is 470 g/mol. The summed E-state index contributed by atoms with van der Waals surface area (Å²) in [5, 5.41) is 17.6. The molecule has 2 aromatic carbocycles. The predicted molar refractivity (Wildman–Crippen MR) is 137 cm³/mol. The van der Waals surface area contributed by atoms with Crippen molar-refractivity contribution in [3.05, 3.63) is 59.0 Å². The molecule has 1 saturated heterocycles. The standard InChI is InChI=1S/C27H26N4O2S/c1-26(2)18-11-12-27(26,3)22(15-18)29-30-25-28-24(32)21(34-25)14-16-9-10-20-19(13-16)23(33-31-20)17-7-5-4-6-8-17/h4-10,13-14,18H,11-12,15H2,1-3H3,(H,28,30,32). The van der Waals surface area contributed by atoms with Crippen molar-refractivity contribution in [2.45, 2.75) is 40.0 Å². The van der Waals surface area contributed by atoms with Crippen LogP contribution < -0.4 is 5.32 Å². The number of carbonyl (C=O) groups is 1. The zero-order valence-electron chi connectivity index (χ0n) is 19.5. The summed E-state index contributed by atoms with van der Waals surface area (Å²) >= 11 is 1.33. The summed E-state index contributed by atoms with van der Waals surface area (Å²) in [4.78, 5) is 13.2. The van der Waals surface area contributed by atoms with Crippen LogP contribution in [-0.2, 0) is 4.79 Å². The van der Waals surface area contributed by atoms with E-state index in [1.165, 1.54) is 23.9 Å². The molecule has 2 aliphatic carbocycles. The van der Waals surface area contributed by atoms with Gasteiger partial charge < -0.3 is 4.52 Å². The van der Waals surface area contributed by atoms with Crippen LogP contribution in [0.5, 0.6) is 0 Å². The van der Waals surface area contributed by atoms with Crippen molar-refractivity contribution < 1.29 is 9.32 Å². The maximum absolute atomic E-state index is 12.6. The van der Waals surface area contributed by atoms with E-state index in [0.29, 0.717) is 16.0 Å². The van der Waals surface area contributed by atoms with E-state index in [1.807, 2.05) is 54.6 Å². The minimum Gasteiger partial charge on any atom is -0.355 e. The number of hydrogen-bond acceptors (Lipinski definition) is 6. The number of nitrogens with zero attached hydrogens (tertiary/aromatic N) is 3. The van der Waals surface area contributed by atoms with Gasteiger partial charge in [0.1, 0.15) is 5.52 Å². The van der Waals surface area contributed by atoms with Crippen molar-refractivity contribution in [1.29, 1.82) is 0 Å². The molecule has 0 radical (unpaired) electrons. The number of amides is 1. The van der Waals surface area contributed by atoms with E-state index in [0.717, 1.165) is 40.6 Å². The van der Waals surface area contributed by atoms with E-state index in [9.17, 15) is 4.79 Å². The number of nitrogens with one attached hydrogen (secondary N) is 1. The number of carbonyl (C=O) groups excluding carboxylic acids is 1. The van der Waals surface area contributed by atoms with E-state index >= 15 is 0 Å². The van der Waals surface area contributed by atoms with Crippen LogP contribution in [0.2, 0.25) is 0 Å². The van der Waals surface area contributed by atoms with Gasteiger partial charge in [-0.25, -0.2) is 0 Å². The summed E-state index contributed by atoms with van der Waals surface area (Å²) in [5.74, 6) is 1.24. The second kappa shape index (κ2) is 7.67. The maximum atomic E-state index is 12.6. The molecule has 6 nitrogen and oxygen atoms in total. The van der Waals surface area contributed by atoms with Gasteiger partial charge in [0.05, 0.1) is 10.3 Å². The van der Waals surface area contributed by atoms with E-state index in [4.69, 9.17) is 4.52 Å². The molecule has 1 N–H and O–H groups in total. The van der Waals surface area contributed by atoms with E-state index < -0.39 is 0 Å². The number of amidine groups is 1. The van der Waals surface area contributed by atoms with E-state index in [-0.39, 0.29) is 16.7 Å². The van der Waals surface area contributed by atoms with Crippen LogP contribution >= 0.6 is 11.8 Å². The fourth-order valence-corrected chi connectivity index (χ4v) is 6.43. The Bertz CT molecular complexity index is 1400. The quantitative estimate of drug-likeness (QED) is 0.362. The first-order chi connectivity index (χ1) is 16.3. The molecule has 1 amide bonds. The average molecular weight is 471 g/mol. The second-order valence-electron chi connectivity index (χ2n) is 10.2. The summed E-state index contributed by atoms with van der Waals surface area (Å²) in [6.45, 7) is 7.01. The Morgan fingerprint density at radius 3 is 2.71 bits per heavy atom. The highest BCUT2D eigenvalue weighted by Gasteiger charge is 2.60. The van der Waals surface area contributed by atoms with Gasteiger partial charge in [-0.15, -0.1) is 5.10 Å². The van der Waals surface area contributed by atoms with Gasteiger partial charge in [0.2, 0.25) is 0 Å². The Hall–Kier alpha value is -3.19. The predicted octanol–water partition coefficient (Wildman–Crippen LogP) is 6.26. The molecule has 34 heavy (non-hydrogen) atoms. The van der Waals surface area contributed by atoms with Crippen LogP contribution in [0.1, 0.15) is 45.6 Å². The molecular weight excluding hydrogens is 444 g/mol. The third-order valence-electron chi connectivity index (χ3n) is 8.26. The van der Waals surface area contributed by atoms with Crippen LogP contribution in [-0.4, -0.2) is 21.9 Å². The minimum atomic E-state index is -0.155. The Labute approximate surface area is 202 Å². The van der Waals surface area contributed by atoms with Crippen LogP contribution in [0.15, 0.2) is 68.2 Å². The largest absolute Gasteiger partial charge is 0.355 e. The third-order valence-corrected chi connectivity index (χ3v) is 9.16. The third kappa shape index (κ3) is 3.25. The lowest BCUT2D eigenvalue weighted by atomic mass is 9.70. The number of fused-ring (bicyclic) bond motifs is 3. The number of benzene rings is 2. The van der Waals surface area contributed by atoms with Gasteiger partial charge in [-0.2, -0.15) is 5.10 Å². The molecular formula is C27H26N4O2S. The van der Waals surface area contributed by atoms with Gasteiger partial charge in [0, 0.05) is 16.7 Å². The lowest BCUT2D eigenvalue weighted by molar-refractivity contribution is -0.115. The molecule has 7 heteroatoms. The molecule has 172 valence electrons. The zero-order chi connectivity index (χ0) is 23.5. The number of hydrogen-bond donors (Lipinski definition) is 1. The molecule has 2 unspecified atom stereocenters. The minimum absolute atomic E-state index is 0.0954. The van der Waals surface area contributed by atoms with Crippen molar-refractivity contribution in [3.8, 4) is 11.3 Å². The van der Waals surface area contributed by atoms with Gasteiger partial charge in [0.25, 0.3) is 5.91 Å². The summed E-state index contributed by atoms with van der Waals surface area (Å²) in [6.07, 6.45) is 5.30. The van der Waals surface area contributed by atoms with Gasteiger partial charge in [-0.1, -0.05) is 62.3 Å². The highest BCUT2D eigenvalue weighted by molar-refractivity contribution is 8.18.